The van der Waals surface area contributed by atoms with Crippen LogP contribution in [0.25, 0.3) is 0 Å². The Balaban J connectivity index is 1.52. The Morgan fingerprint density at radius 2 is 2.17 bits per heavy atom. The van der Waals surface area contributed by atoms with Crippen molar-refractivity contribution in [2.75, 3.05) is 18.4 Å². The summed E-state index contributed by atoms with van der Waals surface area (Å²) in [4.78, 5) is 23.3. The number of nitrogens with zero attached hydrogens (tertiary/aromatic N) is 4. The Hall–Kier alpha value is -1.73. The fourth-order valence-electron chi connectivity index (χ4n) is 3.41. The molecule has 0 saturated carbocycles. The number of amides is 1. The summed E-state index contributed by atoms with van der Waals surface area (Å²) in [6.45, 7) is 7.10. The van der Waals surface area contributed by atoms with Gasteiger partial charge in [0.2, 0.25) is 5.91 Å². The lowest BCUT2D eigenvalue weighted by Gasteiger charge is -2.36. The second kappa shape index (κ2) is 7.90. The second-order valence-electron chi connectivity index (χ2n) is 6.36. The molecule has 1 aliphatic heterocycles. The first-order chi connectivity index (χ1) is 11.7. The van der Waals surface area contributed by atoms with Gasteiger partial charge in [-0.25, -0.2) is 9.97 Å². The maximum absolute atomic E-state index is 12.5. The monoisotopic (exact) mass is 347 g/mol. The zero-order valence-electron chi connectivity index (χ0n) is 14.3. The number of imidazole rings is 1. The zero-order chi connectivity index (χ0) is 16.9. The average Bonchev–Trinajstić information content (AvgIpc) is 3.22. The molecule has 1 unspecified atom stereocenters. The summed E-state index contributed by atoms with van der Waals surface area (Å²) < 4.78 is 2.23. The van der Waals surface area contributed by atoms with Crippen LogP contribution in [0.4, 0.5) is 5.13 Å². The van der Waals surface area contributed by atoms with E-state index in [1.165, 1.54) is 11.3 Å². The van der Waals surface area contributed by atoms with Crippen molar-refractivity contribution >= 4 is 22.4 Å². The fraction of sp³-hybridized carbons (Fsp3) is 0.588. The highest BCUT2D eigenvalue weighted by Gasteiger charge is 2.29. The first-order valence-corrected chi connectivity index (χ1v) is 9.47. The summed E-state index contributed by atoms with van der Waals surface area (Å²) in [7, 11) is 0. The first-order valence-electron chi connectivity index (χ1n) is 8.59. The molecule has 3 heterocycles. The van der Waals surface area contributed by atoms with Gasteiger partial charge in [-0.15, -0.1) is 11.3 Å². The molecular weight excluding hydrogens is 322 g/mol. The van der Waals surface area contributed by atoms with Crippen LogP contribution >= 0.6 is 11.3 Å². The van der Waals surface area contributed by atoms with Crippen molar-refractivity contribution in [3.63, 3.8) is 0 Å². The van der Waals surface area contributed by atoms with E-state index >= 15 is 0 Å². The molecule has 24 heavy (non-hydrogen) atoms. The molecule has 1 fully saturated rings. The van der Waals surface area contributed by atoms with Gasteiger partial charge in [0.25, 0.3) is 0 Å². The number of carbonyl (C=O) groups excluding carboxylic acids is 1. The number of nitrogens with one attached hydrogen (secondary N) is 1. The quantitative estimate of drug-likeness (QED) is 0.873. The largest absolute Gasteiger partial charge is 0.335 e. The second-order valence-corrected chi connectivity index (χ2v) is 7.25. The van der Waals surface area contributed by atoms with Crippen LogP contribution in [0.3, 0.4) is 0 Å². The standard InChI is InChI=1S/C17H25N5OS/c1-3-15(16(23)20-17-19-7-11-24-17)21-8-4-14(5-9-21)12-22-10-6-18-13(22)2/h6-7,10-11,14-15H,3-5,8-9,12H2,1-2H3,(H,19,20,23). The molecule has 1 amide bonds. The first kappa shape index (κ1) is 17.1. The van der Waals surface area contributed by atoms with Crippen molar-refractivity contribution in [1.29, 1.82) is 0 Å². The van der Waals surface area contributed by atoms with Gasteiger partial charge in [0.15, 0.2) is 5.13 Å². The predicted molar refractivity (Wildman–Crippen MR) is 96.1 cm³/mol. The predicted octanol–water partition coefficient (Wildman–Crippen LogP) is 2.78. The number of aromatic nitrogens is 3. The highest BCUT2D eigenvalue weighted by molar-refractivity contribution is 7.13. The van der Waals surface area contributed by atoms with Gasteiger partial charge >= 0.3 is 0 Å². The fourth-order valence-corrected chi connectivity index (χ4v) is 3.94. The molecule has 0 aliphatic carbocycles. The number of hydrogen-bond donors (Lipinski definition) is 1. The van der Waals surface area contributed by atoms with Gasteiger partial charge in [-0.1, -0.05) is 6.92 Å². The number of anilines is 1. The van der Waals surface area contributed by atoms with Crippen LogP contribution < -0.4 is 5.32 Å². The highest BCUT2D eigenvalue weighted by Crippen LogP contribution is 2.23. The molecule has 1 atom stereocenters. The van der Waals surface area contributed by atoms with Crippen LogP contribution in [0.15, 0.2) is 24.0 Å². The molecule has 0 radical (unpaired) electrons. The molecule has 3 rings (SSSR count). The zero-order valence-corrected chi connectivity index (χ0v) is 15.1. The summed E-state index contributed by atoms with van der Waals surface area (Å²) in [5.41, 5.74) is 0. The maximum Gasteiger partial charge on any atom is 0.243 e. The molecular formula is C17H25N5OS. The highest BCUT2D eigenvalue weighted by atomic mass is 32.1. The van der Waals surface area contributed by atoms with Gasteiger partial charge in [-0.3, -0.25) is 9.69 Å². The van der Waals surface area contributed by atoms with E-state index in [0.717, 1.165) is 44.7 Å². The van der Waals surface area contributed by atoms with Crippen molar-refractivity contribution in [1.82, 2.24) is 19.4 Å². The summed E-state index contributed by atoms with van der Waals surface area (Å²) in [6.07, 6.45) is 8.70. The topological polar surface area (TPSA) is 63.1 Å². The van der Waals surface area contributed by atoms with Crippen molar-refractivity contribution in [2.45, 2.75) is 45.7 Å². The van der Waals surface area contributed by atoms with E-state index in [4.69, 9.17) is 0 Å². The van der Waals surface area contributed by atoms with E-state index in [9.17, 15) is 4.79 Å². The number of thiazole rings is 1. The van der Waals surface area contributed by atoms with Gasteiger partial charge in [0.05, 0.1) is 6.04 Å². The van der Waals surface area contributed by atoms with Crippen LogP contribution in [0.5, 0.6) is 0 Å². The summed E-state index contributed by atoms with van der Waals surface area (Å²) in [5, 5.41) is 5.50. The van der Waals surface area contributed by atoms with E-state index in [-0.39, 0.29) is 11.9 Å². The Labute approximate surface area is 146 Å². The minimum atomic E-state index is -0.0650. The van der Waals surface area contributed by atoms with Crippen LogP contribution in [-0.4, -0.2) is 44.5 Å². The van der Waals surface area contributed by atoms with Crippen molar-refractivity contribution in [3.05, 3.63) is 29.8 Å². The lowest BCUT2D eigenvalue weighted by molar-refractivity contribution is -0.122. The van der Waals surface area contributed by atoms with Crippen molar-refractivity contribution in [2.24, 2.45) is 5.92 Å². The summed E-state index contributed by atoms with van der Waals surface area (Å²) in [5.74, 6) is 1.80. The molecule has 7 heteroatoms. The smallest absolute Gasteiger partial charge is 0.243 e. The number of hydrogen-bond acceptors (Lipinski definition) is 5. The van der Waals surface area contributed by atoms with Gasteiger partial charge in [-0.2, -0.15) is 0 Å². The van der Waals surface area contributed by atoms with Crippen molar-refractivity contribution in [3.8, 4) is 0 Å². The van der Waals surface area contributed by atoms with E-state index in [1.54, 1.807) is 6.20 Å². The van der Waals surface area contributed by atoms with Crippen LogP contribution in [0.1, 0.15) is 32.0 Å². The van der Waals surface area contributed by atoms with E-state index in [2.05, 4.69) is 37.9 Å². The van der Waals surface area contributed by atoms with Crippen molar-refractivity contribution < 1.29 is 4.79 Å². The summed E-state index contributed by atoms with van der Waals surface area (Å²) >= 11 is 1.46. The van der Waals surface area contributed by atoms with E-state index in [1.807, 2.05) is 18.5 Å². The van der Waals surface area contributed by atoms with Crippen LogP contribution in [-0.2, 0) is 11.3 Å². The normalized spacial score (nSPS) is 17.8. The third kappa shape index (κ3) is 4.02. The molecule has 2 aromatic rings. The Morgan fingerprint density at radius 3 is 2.75 bits per heavy atom. The third-order valence-electron chi connectivity index (χ3n) is 4.82. The SMILES string of the molecule is CCC(C(=O)Nc1nccs1)N1CCC(Cn2ccnc2C)CC1. The molecule has 0 spiro atoms. The molecule has 1 N–H and O–H groups in total. The number of rotatable bonds is 6. The van der Waals surface area contributed by atoms with Gasteiger partial charge in [0.1, 0.15) is 5.82 Å². The lowest BCUT2D eigenvalue weighted by atomic mass is 9.95. The molecule has 1 aliphatic rings. The molecule has 0 aromatic carbocycles. The third-order valence-corrected chi connectivity index (χ3v) is 5.51. The minimum absolute atomic E-state index is 0.0650. The van der Waals surface area contributed by atoms with Crippen LogP contribution in [0, 0.1) is 12.8 Å². The van der Waals surface area contributed by atoms with E-state index < -0.39 is 0 Å². The van der Waals surface area contributed by atoms with Gasteiger partial charge < -0.3 is 9.88 Å². The summed E-state index contributed by atoms with van der Waals surface area (Å²) in [6, 6.07) is -0.0650. The molecule has 1 saturated heterocycles. The molecule has 130 valence electrons. The average molecular weight is 347 g/mol. The van der Waals surface area contributed by atoms with Gasteiger partial charge in [-0.05, 0) is 45.2 Å². The lowest BCUT2D eigenvalue weighted by Crippen LogP contribution is -2.47. The number of carbonyl (C=O) groups is 1. The maximum atomic E-state index is 12.5. The Kier molecular flexibility index (Phi) is 5.63. The molecule has 6 nitrogen and oxygen atoms in total. The molecule has 2 aromatic heterocycles. The minimum Gasteiger partial charge on any atom is -0.335 e. The number of likely N-dealkylation sites (tertiary alicyclic amines) is 1. The Morgan fingerprint density at radius 1 is 1.38 bits per heavy atom. The number of piperidine rings is 1. The van der Waals surface area contributed by atoms with Gasteiger partial charge in [0, 0.05) is 30.5 Å². The van der Waals surface area contributed by atoms with E-state index in [0.29, 0.717) is 11.0 Å². The Bertz CT molecular complexity index is 646. The molecule has 0 bridgehead atoms. The number of aryl methyl sites for hydroxylation is 1. The van der Waals surface area contributed by atoms with Crippen LogP contribution in [0.2, 0.25) is 0 Å².